The number of rotatable bonds is 3. The van der Waals surface area contributed by atoms with E-state index in [1.54, 1.807) is 0 Å². The summed E-state index contributed by atoms with van der Waals surface area (Å²) in [6.07, 6.45) is 0. The highest BCUT2D eigenvalue weighted by atomic mass is 79.9. The van der Waals surface area contributed by atoms with E-state index < -0.39 is 0 Å². The van der Waals surface area contributed by atoms with Crippen molar-refractivity contribution in [3.8, 4) is 28.5 Å². The van der Waals surface area contributed by atoms with Gasteiger partial charge < -0.3 is 0 Å². The van der Waals surface area contributed by atoms with Crippen LogP contribution in [0.15, 0.2) is 94.2 Å². The van der Waals surface area contributed by atoms with Gasteiger partial charge in [0, 0.05) is 15.6 Å². The van der Waals surface area contributed by atoms with Gasteiger partial charge in [0.1, 0.15) is 0 Å². The van der Waals surface area contributed by atoms with E-state index in [1.807, 2.05) is 84.9 Å². The van der Waals surface area contributed by atoms with Crippen molar-refractivity contribution in [3.05, 3.63) is 99.9 Å². The van der Waals surface area contributed by atoms with Crippen LogP contribution in [0.25, 0.3) is 28.5 Å². The lowest BCUT2D eigenvalue weighted by Gasteiger charge is -2.13. The highest BCUT2D eigenvalue weighted by Crippen LogP contribution is 2.23. The first-order valence-electron chi connectivity index (χ1n) is 8.10. The first-order chi connectivity index (χ1) is 12.7. The lowest BCUT2D eigenvalue weighted by atomic mass is 10.2. The summed E-state index contributed by atoms with van der Waals surface area (Å²) in [5, 5.41) is 0. The largest absolute Gasteiger partial charge is 0.355 e. The zero-order valence-corrected chi connectivity index (χ0v) is 15.3. The average molecular weight is 404 g/mol. The molecule has 4 nitrogen and oxygen atoms in total. The zero-order valence-electron chi connectivity index (χ0n) is 13.7. The van der Waals surface area contributed by atoms with Gasteiger partial charge in [-0.05, 0) is 24.3 Å². The van der Waals surface area contributed by atoms with Crippen molar-refractivity contribution in [2.24, 2.45) is 0 Å². The topological polar surface area (TPSA) is 47.8 Å². The van der Waals surface area contributed by atoms with Gasteiger partial charge in [0.25, 0.3) is 0 Å². The Morgan fingerprint density at radius 1 is 0.692 bits per heavy atom. The van der Waals surface area contributed by atoms with Crippen LogP contribution in [0.4, 0.5) is 0 Å². The van der Waals surface area contributed by atoms with Gasteiger partial charge in [-0.2, -0.15) is 4.98 Å². The minimum absolute atomic E-state index is 0.361. The Hall–Kier alpha value is -3.05. The number of nitrogens with zero attached hydrogens (tertiary/aromatic N) is 3. The molecule has 0 saturated carbocycles. The first-order valence-corrected chi connectivity index (χ1v) is 8.89. The Morgan fingerprint density at radius 3 is 1.88 bits per heavy atom. The Bertz CT molecular complexity index is 1090. The van der Waals surface area contributed by atoms with E-state index in [1.165, 1.54) is 4.57 Å². The fourth-order valence-electron chi connectivity index (χ4n) is 2.73. The Morgan fingerprint density at radius 2 is 1.27 bits per heavy atom. The summed E-state index contributed by atoms with van der Waals surface area (Å²) < 4.78 is 2.48. The molecule has 1 heterocycles. The van der Waals surface area contributed by atoms with Crippen LogP contribution < -0.4 is 5.69 Å². The smallest absolute Gasteiger partial charge is 0.245 e. The molecule has 0 atom stereocenters. The maximum Gasteiger partial charge on any atom is 0.355 e. The van der Waals surface area contributed by atoms with Crippen LogP contribution in [-0.2, 0) is 0 Å². The number of hydrogen-bond acceptors (Lipinski definition) is 3. The summed E-state index contributed by atoms with van der Waals surface area (Å²) in [7, 11) is 0. The molecule has 1 aromatic heterocycles. The molecule has 0 aliphatic carbocycles. The van der Waals surface area contributed by atoms with Crippen molar-refractivity contribution in [1.82, 2.24) is 14.5 Å². The van der Waals surface area contributed by atoms with E-state index in [9.17, 15) is 4.79 Å². The van der Waals surface area contributed by atoms with E-state index in [4.69, 9.17) is 4.98 Å². The predicted molar refractivity (Wildman–Crippen MR) is 106 cm³/mol. The number of benzene rings is 3. The average Bonchev–Trinajstić information content (AvgIpc) is 2.70. The Kier molecular flexibility index (Phi) is 4.46. The van der Waals surface area contributed by atoms with E-state index in [0.717, 1.165) is 21.3 Å². The van der Waals surface area contributed by atoms with Crippen molar-refractivity contribution in [3.63, 3.8) is 0 Å². The molecular weight excluding hydrogens is 390 g/mol. The van der Waals surface area contributed by atoms with Crippen molar-refractivity contribution >= 4 is 15.9 Å². The molecule has 3 aromatic carbocycles. The molecule has 0 spiro atoms. The summed E-state index contributed by atoms with van der Waals surface area (Å²) in [4.78, 5) is 21.8. The minimum Gasteiger partial charge on any atom is -0.245 e. The van der Waals surface area contributed by atoms with Crippen molar-refractivity contribution in [2.75, 3.05) is 0 Å². The van der Waals surface area contributed by atoms with Gasteiger partial charge >= 0.3 is 5.69 Å². The van der Waals surface area contributed by atoms with Gasteiger partial charge in [0.05, 0.1) is 5.69 Å². The zero-order chi connectivity index (χ0) is 17.9. The van der Waals surface area contributed by atoms with E-state index >= 15 is 0 Å². The molecule has 0 aliphatic rings. The van der Waals surface area contributed by atoms with Crippen LogP contribution >= 0.6 is 15.9 Å². The molecule has 0 radical (unpaired) electrons. The number of hydrogen-bond donors (Lipinski definition) is 0. The third-order valence-electron chi connectivity index (χ3n) is 3.97. The molecule has 0 amide bonds. The normalized spacial score (nSPS) is 10.7. The Labute approximate surface area is 159 Å². The Balaban J connectivity index is 1.99. The lowest BCUT2D eigenvalue weighted by Crippen LogP contribution is -2.25. The molecule has 4 rings (SSSR count). The summed E-state index contributed by atoms with van der Waals surface area (Å²) in [5.74, 6) is 0.981. The maximum atomic E-state index is 12.9. The predicted octanol–water partition coefficient (Wildman–Crippen LogP) is 4.72. The van der Waals surface area contributed by atoms with Crippen LogP contribution in [0, 0.1) is 0 Å². The number of halogens is 1. The summed E-state index contributed by atoms with van der Waals surface area (Å²) >= 11 is 3.42. The summed E-state index contributed by atoms with van der Waals surface area (Å²) in [6.45, 7) is 0. The van der Waals surface area contributed by atoms with Crippen molar-refractivity contribution in [1.29, 1.82) is 0 Å². The van der Waals surface area contributed by atoms with Crippen LogP contribution in [0.2, 0.25) is 0 Å². The molecule has 0 aliphatic heterocycles. The van der Waals surface area contributed by atoms with E-state index in [0.29, 0.717) is 11.6 Å². The third-order valence-corrected chi connectivity index (χ3v) is 4.49. The van der Waals surface area contributed by atoms with Gasteiger partial charge in [-0.15, -0.1) is 0 Å². The van der Waals surface area contributed by atoms with Gasteiger partial charge in [0.15, 0.2) is 11.6 Å². The van der Waals surface area contributed by atoms with Crippen molar-refractivity contribution < 1.29 is 0 Å². The SMILES string of the molecule is O=c1nc(-c2ccccc2)nc(-c2ccccc2)n1-c1ccc(Br)cc1. The summed E-state index contributed by atoms with van der Waals surface area (Å²) in [5.41, 5.74) is 2.02. The molecule has 26 heavy (non-hydrogen) atoms. The second-order valence-corrected chi connectivity index (χ2v) is 6.61. The van der Waals surface area contributed by atoms with Gasteiger partial charge in [-0.3, -0.25) is 0 Å². The fourth-order valence-corrected chi connectivity index (χ4v) is 2.99. The molecule has 0 saturated heterocycles. The van der Waals surface area contributed by atoms with Crippen LogP contribution in [-0.4, -0.2) is 14.5 Å². The van der Waals surface area contributed by atoms with E-state index in [-0.39, 0.29) is 5.69 Å². The maximum absolute atomic E-state index is 12.9. The first kappa shape index (κ1) is 16.4. The van der Waals surface area contributed by atoms with E-state index in [2.05, 4.69) is 20.9 Å². The highest BCUT2D eigenvalue weighted by Gasteiger charge is 2.14. The quantitative estimate of drug-likeness (QED) is 0.496. The van der Waals surface area contributed by atoms with Gasteiger partial charge in [-0.25, -0.2) is 14.3 Å². The highest BCUT2D eigenvalue weighted by molar-refractivity contribution is 9.10. The molecular formula is C21H14BrN3O. The standard InChI is InChI=1S/C21H14BrN3O/c22-17-11-13-18(14-12-17)25-20(16-9-5-2-6-10-16)23-19(24-21(25)26)15-7-3-1-4-8-15/h1-14H. The fraction of sp³-hybridized carbons (Fsp3) is 0. The second-order valence-electron chi connectivity index (χ2n) is 5.70. The van der Waals surface area contributed by atoms with Crippen molar-refractivity contribution in [2.45, 2.75) is 0 Å². The molecule has 5 heteroatoms. The monoisotopic (exact) mass is 403 g/mol. The summed E-state index contributed by atoms with van der Waals surface area (Å²) in [6, 6.07) is 26.7. The molecule has 4 aromatic rings. The van der Waals surface area contributed by atoms with Gasteiger partial charge in [-0.1, -0.05) is 76.6 Å². The number of aromatic nitrogens is 3. The molecule has 0 fully saturated rings. The third kappa shape index (κ3) is 3.21. The van der Waals surface area contributed by atoms with Crippen LogP contribution in [0.1, 0.15) is 0 Å². The molecule has 0 bridgehead atoms. The molecule has 0 N–H and O–H groups in total. The van der Waals surface area contributed by atoms with Gasteiger partial charge in [0.2, 0.25) is 0 Å². The lowest BCUT2D eigenvalue weighted by molar-refractivity contribution is 0.876. The molecule has 126 valence electrons. The second kappa shape index (κ2) is 7.06. The molecule has 0 unspecified atom stereocenters. The van der Waals surface area contributed by atoms with Crippen LogP contribution in [0.3, 0.4) is 0 Å². The minimum atomic E-state index is -0.361. The van der Waals surface area contributed by atoms with Crippen LogP contribution in [0.5, 0.6) is 0 Å².